The van der Waals surface area contributed by atoms with Gasteiger partial charge >= 0.3 is 0 Å². The lowest BCUT2D eigenvalue weighted by Crippen LogP contribution is -2.38. The average molecular weight is 278 g/mol. The van der Waals surface area contributed by atoms with Crippen molar-refractivity contribution in [1.82, 2.24) is 5.32 Å². The first-order valence-electron chi connectivity index (χ1n) is 7.44. The van der Waals surface area contributed by atoms with Crippen LogP contribution in [-0.2, 0) is 4.79 Å². The molecule has 0 aromatic heterocycles. The standard InChI is InChI=1S/C16H23FN2O/c1-12-8-9-14(10-15(12)17)18-11-16(20)19-13-6-4-2-3-5-7-13/h8-10,13,18H,2-7,11H2,1H3,(H,19,20). The Kier molecular flexibility index (Phi) is 5.39. The van der Waals surface area contributed by atoms with E-state index in [0.29, 0.717) is 17.3 Å². The lowest BCUT2D eigenvalue weighted by atomic mass is 10.1. The molecule has 1 amide bonds. The van der Waals surface area contributed by atoms with E-state index in [-0.39, 0.29) is 18.3 Å². The van der Waals surface area contributed by atoms with Crippen LogP contribution in [0.5, 0.6) is 0 Å². The van der Waals surface area contributed by atoms with Crippen LogP contribution in [0, 0.1) is 12.7 Å². The van der Waals surface area contributed by atoms with Crippen molar-refractivity contribution in [2.75, 3.05) is 11.9 Å². The van der Waals surface area contributed by atoms with Gasteiger partial charge < -0.3 is 10.6 Å². The normalized spacial score (nSPS) is 16.5. The van der Waals surface area contributed by atoms with Crippen molar-refractivity contribution in [1.29, 1.82) is 0 Å². The van der Waals surface area contributed by atoms with Gasteiger partial charge in [-0.05, 0) is 37.5 Å². The summed E-state index contributed by atoms with van der Waals surface area (Å²) >= 11 is 0. The van der Waals surface area contributed by atoms with Crippen molar-refractivity contribution < 1.29 is 9.18 Å². The molecular formula is C16H23FN2O. The number of carbonyl (C=O) groups is 1. The van der Waals surface area contributed by atoms with Gasteiger partial charge in [-0.25, -0.2) is 4.39 Å². The topological polar surface area (TPSA) is 41.1 Å². The summed E-state index contributed by atoms with van der Waals surface area (Å²) < 4.78 is 13.4. The average Bonchev–Trinajstić information content (AvgIpc) is 2.69. The van der Waals surface area contributed by atoms with Crippen LogP contribution in [0.15, 0.2) is 18.2 Å². The Bertz CT molecular complexity index is 454. The zero-order valence-electron chi connectivity index (χ0n) is 12.0. The lowest BCUT2D eigenvalue weighted by Gasteiger charge is -2.16. The van der Waals surface area contributed by atoms with E-state index in [9.17, 15) is 9.18 Å². The third-order valence-corrected chi connectivity index (χ3v) is 3.85. The summed E-state index contributed by atoms with van der Waals surface area (Å²) in [6, 6.07) is 5.23. The fourth-order valence-electron chi connectivity index (χ4n) is 2.59. The fraction of sp³-hybridized carbons (Fsp3) is 0.562. The molecule has 110 valence electrons. The van der Waals surface area contributed by atoms with Crippen molar-refractivity contribution in [3.05, 3.63) is 29.6 Å². The van der Waals surface area contributed by atoms with E-state index >= 15 is 0 Å². The molecule has 4 heteroatoms. The van der Waals surface area contributed by atoms with Crippen LogP contribution >= 0.6 is 0 Å². The maximum absolute atomic E-state index is 13.4. The number of anilines is 1. The second-order valence-electron chi connectivity index (χ2n) is 5.57. The van der Waals surface area contributed by atoms with Gasteiger partial charge in [0, 0.05) is 11.7 Å². The first kappa shape index (κ1) is 14.8. The summed E-state index contributed by atoms with van der Waals surface area (Å²) in [6.07, 6.45) is 7.08. The Labute approximate surface area is 120 Å². The van der Waals surface area contributed by atoms with E-state index in [1.54, 1.807) is 19.1 Å². The van der Waals surface area contributed by atoms with Crippen LogP contribution in [0.2, 0.25) is 0 Å². The van der Waals surface area contributed by atoms with Gasteiger partial charge in [-0.3, -0.25) is 4.79 Å². The number of halogens is 1. The quantitative estimate of drug-likeness (QED) is 0.829. The SMILES string of the molecule is Cc1ccc(NCC(=O)NC2CCCCCC2)cc1F. The Morgan fingerprint density at radius 1 is 1.25 bits per heavy atom. The molecule has 0 aliphatic heterocycles. The number of nitrogens with one attached hydrogen (secondary N) is 2. The minimum absolute atomic E-state index is 0.0158. The third kappa shape index (κ3) is 4.51. The first-order valence-corrected chi connectivity index (χ1v) is 7.44. The van der Waals surface area contributed by atoms with Crippen LogP contribution < -0.4 is 10.6 Å². The molecule has 2 N–H and O–H groups in total. The minimum atomic E-state index is -0.251. The number of rotatable bonds is 4. The molecule has 0 spiro atoms. The summed E-state index contributed by atoms with van der Waals surface area (Å²) in [7, 11) is 0. The second-order valence-corrected chi connectivity index (χ2v) is 5.57. The van der Waals surface area contributed by atoms with E-state index in [4.69, 9.17) is 0 Å². The summed E-state index contributed by atoms with van der Waals surface area (Å²) in [5.74, 6) is -0.267. The number of hydrogen-bond donors (Lipinski definition) is 2. The van der Waals surface area contributed by atoms with Crippen molar-refractivity contribution >= 4 is 11.6 Å². The van der Waals surface area contributed by atoms with E-state index in [1.165, 1.54) is 31.7 Å². The molecule has 1 aliphatic rings. The highest BCUT2D eigenvalue weighted by Gasteiger charge is 2.14. The first-order chi connectivity index (χ1) is 9.65. The highest BCUT2D eigenvalue weighted by Crippen LogP contribution is 2.17. The molecule has 1 fully saturated rings. The van der Waals surface area contributed by atoms with Gasteiger partial charge in [-0.1, -0.05) is 31.7 Å². The molecular weight excluding hydrogens is 255 g/mol. The molecule has 0 saturated heterocycles. The second kappa shape index (κ2) is 7.27. The molecule has 1 aliphatic carbocycles. The van der Waals surface area contributed by atoms with Gasteiger partial charge in [-0.2, -0.15) is 0 Å². The molecule has 3 nitrogen and oxygen atoms in total. The molecule has 0 unspecified atom stereocenters. The third-order valence-electron chi connectivity index (χ3n) is 3.85. The molecule has 0 atom stereocenters. The summed E-state index contributed by atoms with van der Waals surface area (Å²) in [6.45, 7) is 1.91. The number of carbonyl (C=O) groups excluding carboxylic acids is 1. The summed E-state index contributed by atoms with van der Waals surface area (Å²) in [4.78, 5) is 11.9. The number of amides is 1. The van der Waals surface area contributed by atoms with E-state index in [1.807, 2.05) is 0 Å². The van der Waals surface area contributed by atoms with Crippen LogP contribution in [0.1, 0.15) is 44.1 Å². The van der Waals surface area contributed by atoms with Crippen molar-refractivity contribution in [2.45, 2.75) is 51.5 Å². The summed E-state index contributed by atoms with van der Waals surface area (Å²) in [5, 5.41) is 6.03. The fourth-order valence-corrected chi connectivity index (χ4v) is 2.59. The Hall–Kier alpha value is -1.58. The Balaban J connectivity index is 1.77. The molecule has 0 heterocycles. The smallest absolute Gasteiger partial charge is 0.239 e. The van der Waals surface area contributed by atoms with Gasteiger partial charge in [0.1, 0.15) is 5.82 Å². The molecule has 1 aromatic carbocycles. The van der Waals surface area contributed by atoms with Gasteiger partial charge in [0.25, 0.3) is 0 Å². The molecule has 2 rings (SSSR count). The van der Waals surface area contributed by atoms with Gasteiger partial charge in [0.2, 0.25) is 5.91 Å². The van der Waals surface area contributed by atoms with Gasteiger partial charge in [-0.15, -0.1) is 0 Å². The van der Waals surface area contributed by atoms with Crippen molar-refractivity contribution in [3.63, 3.8) is 0 Å². The van der Waals surface area contributed by atoms with Crippen LogP contribution in [-0.4, -0.2) is 18.5 Å². The van der Waals surface area contributed by atoms with E-state index in [0.717, 1.165) is 12.8 Å². The molecule has 1 aromatic rings. The molecule has 20 heavy (non-hydrogen) atoms. The van der Waals surface area contributed by atoms with Crippen LogP contribution in [0.25, 0.3) is 0 Å². The largest absolute Gasteiger partial charge is 0.376 e. The lowest BCUT2D eigenvalue weighted by molar-refractivity contribution is -0.120. The van der Waals surface area contributed by atoms with Crippen LogP contribution in [0.4, 0.5) is 10.1 Å². The number of hydrogen-bond acceptors (Lipinski definition) is 2. The predicted octanol–water partition coefficient (Wildman–Crippen LogP) is 3.39. The molecule has 0 radical (unpaired) electrons. The number of aryl methyl sites for hydroxylation is 1. The van der Waals surface area contributed by atoms with Gasteiger partial charge in [0.05, 0.1) is 6.54 Å². The van der Waals surface area contributed by atoms with Crippen molar-refractivity contribution in [3.8, 4) is 0 Å². The molecule has 0 bridgehead atoms. The Morgan fingerprint density at radius 3 is 2.60 bits per heavy atom. The molecule has 1 saturated carbocycles. The van der Waals surface area contributed by atoms with E-state index < -0.39 is 0 Å². The summed E-state index contributed by atoms with van der Waals surface area (Å²) in [5.41, 5.74) is 1.25. The van der Waals surface area contributed by atoms with Gasteiger partial charge in [0.15, 0.2) is 0 Å². The maximum atomic E-state index is 13.4. The highest BCUT2D eigenvalue weighted by atomic mass is 19.1. The van der Waals surface area contributed by atoms with Crippen LogP contribution in [0.3, 0.4) is 0 Å². The minimum Gasteiger partial charge on any atom is -0.376 e. The monoisotopic (exact) mass is 278 g/mol. The Morgan fingerprint density at radius 2 is 1.95 bits per heavy atom. The predicted molar refractivity (Wildman–Crippen MR) is 79.3 cm³/mol. The highest BCUT2D eigenvalue weighted by molar-refractivity contribution is 5.80. The zero-order valence-corrected chi connectivity index (χ0v) is 12.0. The van der Waals surface area contributed by atoms with Crippen molar-refractivity contribution in [2.24, 2.45) is 0 Å². The maximum Gasteiger partial charge on any atom is 0.239 e. The zero-order chi connectivity index (χ0) is 14.4. The van der Waals surface area contributed by atoms with E-state index in [2.05, 4.69) is 10.6 Å². The number of benzene rings is 1.